The maximum atomic E-state index is 13.3. The van der Waals surface area contributed by atoms with Crippen LogP contribution in [0, 0.1) is 5.92 Å². The summed E-state index contributed by atoms with van der Waals surface area (Å²) < 4.78 is 34.5. The number of carbonyl (C=O) groups is 1. The van der Waals surface area contributed by atoms with E-state index in [1.54, 1.807) is 6.07 Å². The van der Waals surface area contributed by atoms with Gasteiger partial charge in [-0.25, -0.2) is 13.2 Å². The molecule has 1 fully saturated rings. The topological polar surface area (TPSA) is 102 Å². The Hall–Kier alpha value is -3.07. The van der Waals surface area contributed by atoms with Gasteiger partial charge in [0.15, 0.2) is 5.58 Å². The van der Waals surface area contributed by atoms with Crippen molar-refractivity contribution in [3.63, 3.8) is 0 Å². The summed E-state index contributed by atoms with van der Waals surface area (Å²) in [6, 6.07) is 11.9. The molecule has 0 spiro atoms. The molecule has 0 radical (unpaired) electrons. The third-order valence-corrected chi connectivity index (χ3v) is 8.56. The van der Waals surface area contributed by atoms with E-state index < -0.39 is 15.8 Å². The van der Waals surface area contributed by atoms with Crippen molar-refractivity contribution in [1.29, 1.82) is 0 Å². The molecule has 2 aromatic carbocycles. The molecule has 1 aliphatic carbocycles. The summed E-state index contributed by atoms with van der Waals surface area (Å²) in [6.07, 6.45) is 4.69. The Morgan fingerprint density at radius 1 is 1.12 bits per heavy atom. The van der Waals surface area contributed by atoms with Crippen LogP contribution in [0.25, 0.3) is 11.1 Å². The third-order valence-electron chi connectivity index (χ3n) is 6.75. The number of fused-ring (bicyclic) bond motifs is 2. The average Bonchev–Trinajstić information content (AvgIpc) is 3.36. The van der Waals surface area contributed by atoms with E-state index in [0.717, 1.165) is 31.2 Å². The van der Waals surface area contributed by atoms with Gasteiger partial charge in [-0.15, -0.1) is 0 Å². The zero-order valence-electron chi connectivity index (χ0n) is 18.5. The van der Waals surface area contributed by atoms with E-state index in [4.69, 9.17) is 4.42 Å². The predicted molar refractivity (Wildman–Crippen MR) is 125 cm³/mol. The number of amides is 1. The van der Waals surface area contributed by atoms with Crippen LogP contribution in [-0.4, -0.2) is 31.5 Å². The summed E-state index contributed by atoms with van der Waals surface area (Å²) in [5.74, 6) is -0.249. The van der Waals surface area contributed by atoms with Gasteiger partial charge in [0.25, 0.3) is 10.0 Å². The average molecular weight is 470 g/mol. The van der Waals surface area contributed by atoms with Gasteiger partial charge in [-0.05, 0) is 61.8 Å². The fraction of sp³-hybridized carbons (Fsp3) is 0.417. The maximum Gasteiger partial charge on any atom is 0.420 e. The third kappa shape index (κ3) is 4.06. The lowest BCUT2D eigenvalue weighted by Gasteiger charge is -2.26. The van der Waals surface area contributed by atoms with Gasteiger partial charge in [0.1, 0.15) is 6.54 Å². The number of hydrogen-bond acceptors (Lipinski definition) is 5. The largest absolute Gasteiger partial charge is 0.420 e. The number of sulfonamides is 1. The number of aromatic nitrogens is 1. The van der Waals surface area contributed by atoms with Crippen LogP contribution >= 0.6 is 0 Å². The monoisotopic (exact) mass is 469 g/mol. The number of hydrogen-bond donors (Lipinski definition) is 1. The minimum Gasteiger partial charge on any atom is -0.408 e. The van der Waals surface area contributed by atoms with E-state index in [-0.39, 0.29) is 29.0 Å². The van der Waals surface area contributed by atoms with Crippen LogP contribution in [0.5, 0.6) is 0 Å². The Labute approximate surface area is 192 Å². The molecule has 2 heterocycles. The molecule has 1 N–H and O–H groups in total. The van der Waals surface area contributed by atoms with Crippen molar-refractivity contribution in [3.8, 4) is 0 Å². The van der Waals surface area contributed by atoms with Crippen LogP contribution in [0.4, 0.5) is 5.69 Å². The van der Waals surface area contributed by atoms with Gasteiger partial charge in [-0.1, -0.05) is 25.1 Å². The summed E-state index contributed by atoms with van der Waals surface area (Å²) in [5.41, 5.74) is 2.20. The molecule has 9 heteroatoms. The quantitative estimate of drug-likeness (QED) is 0.619. The molecule has 0 atom stereocenters. The standard InChI is InChI=1S/C24H27N3O5S/c1-16-6-8-18(9-7-16)25-23(28)15-26-21-11-10-19(14-22(21)32-24(26)29)33(30,31)27-13-12-17-4-2-3-5-20(17)27/h2-5,10-11,14,16,18H,6-9,12-13,15H2,1H3,(H,25,28). The molecule has 0 bridgehead atoms. The highest BCUT2D eigenvalue weighted by Gasteiger charge is 2.31. The Balaban J connectivity index is 1.38. The summed E-state index contributed by atoms with van der Waals surface area (Å²) in [6.45, 7) is 2.42. The number of oxazole rings is 1. The summed E-state index contributed by atoms with van der Waals surface area (Å²) >= 11 is 0. The Morgan fingerprint density at radius 3 is 2.67 bits per heavy atom. The van der Waals surface area contributed by atoms with Crippen LogP contribution in [0.1, 0.15) is 38.2 Å². The van der Waals surface area contributed by atoms with Crippen LogP contribution in [-0.2, 0) is 27.8 Å². The zero-order chi connectivity index (χ0) is 23.2. The number of benzene rings is 2. The number of rotatable bonds is 5. The molecule has 1 aliphatic heterocycles. The second-order valence-electron chi connectivity index (χ2n) is 9.06. The second kappa shape index (κ2) is 8.37. The smallest absolute Gasteiger partial charge is 0.408 e. The second-order valence-corrected chi connectivity index (χ2v) is 10.9. The number of nitrogens with zero attached hydrogens (tertiary/aromatic N) is 2. The number of nitrogens with one attached hydrogen (secondary N) is 1. The van der Waals surface area contributed by atoms with Crippen LogP contribution in [0.15, 0.2) is 56.6 Å². The molecule has 0 saturated heterocycles. The van der Waals surface area contributed by atoms with Gasteiger partial charge >= 0.3 is 5.76 Å². The molecular formula is C24H27N3O5S. The highest BCUT2D eigenvalue weighted by Crippen LogP contribution is 2.33. The summed E-state index contributed by atoms with van der Waals surface area (Å²) in [4.78, 5) is 25.1. The lowest BCUT2D eigenvalue weighted by Crippen LogP contribution is -2.40. The Morgan fingerprint density at radius 2 is 1.88 bits per heavy atom. The molecule has 174 valence electrons. The van der Waals surface area contributed by atoms with Crippen molar-refractivity contribution in [3.05, 3.63) is 58.6 Å². The zero-order valence-corrected chi connectivity index (χ0v) is 19.3. The van der Waals surface area contributed by atoms with E-state index in [1.807, 2.05) is 18.2 Å². The number of para-hydroxylation sites is 1. The first-order valence-corrected chi connectivity index (χ1v) is 12.8. The highest BCUT2D eigenvalue weighted by molar-refractivity contribution is 7.92. The van der Waals surface area contributed by atoms with Crippen molar-refractivity contribution in [2.45, 2.75) is 56.5 Å². The van der Waals surface area contributed by atoms with Gasteiger partial charge in [0, 0.05) is 18.7 Å². The van der Waals surface area contributed by atoms with E-state index in [9.17, 15) is 18.0 Å². The molecular weight excluding hydrogens is 442 g/mol. The van der Waals surface area contributed by atoms with E-state index in [1.165, 1.54) is 27.1 Å². The van der Waals surface area contributed by atoms with E-state index >= 15 is 0 Å². The molecule has 8 nitrogen and oxygen atoms in total. The van der Waals surface area contributed by atoms with Gasteiger partial charge < -0.3 is 9.73 Å². The van der Waals surface area contributed by atoms with Gasteiger partial charge in [0.05, 0.1) is 16.1 Å². The van der Waals surface area contributed by atoms with Crippen LogP contribution in [0.3, 0.4) is 0 Å². The molecule has 33 heavy (non-hydrogen) atoms. The minimum absolute atomic E-state index is 0.0494. The van der Waals surface area contributed by atoms with Crippen molar-refractivity contribution >= 4 is 32.7 Å². The fourth-order valence-corrected chi connectivity index (χ4v) is 6.38. The number of anilines is 1. The van der Waals surface area contributed by atoms with Gasteiger partial charge in [0.2, 0.25) is 5.91 Å². The van der Waals surface area contributed by atoms with E-state index in [0.29, 0.717) is 30.1 Å². The Bertz CT molecular complexity index is 1370. The molecule has 0 unspecified atom stereocenters. The molecule has 3 aromatic rings. The lowest BCUT2D eigenvalue weighted by atomic mass is 9.87. The molecule has 1 aromatic heterocycles. The van der Waals surface area contributed by atoms with Gasteiger partial charge in [-0.2, -0.15) is 0 Å². The Kier molecular flexibility index (Phi) is 5.52. The van der Waals surface area contributed by atoms with Crippen LogP contribution in [0.2, 0.25) is 0 Å². The van der Waals surface area contributed by atoms with Crippen molar-refractivity contribution in [1.82, 2.24) is 9.88 Å². The molecule has 2 aliphatic rings. The van der Waals surface area contributed by atoms with Gasteiger partial charge in [-0.3, -0.25) is 13.7 Å². The van der Waals surface area contributed by atoms with Crippen molar-refractivity contribution < 1.29 is 17.6 Å². The SMILES string of the molecule is CC1CCC(NC(=O)Cn2c(=O)oc3cc(S(=O)(=O)N4CCc5ccccc54)ccc32)CC1. The summed E-state index contributed by atoms with van der Waals surface area (Å²) in [7, 11) is -3.81. The van der Waals surface area contributed by atoms with Crippen molar-refractivity contribution in [2.75, 3.05) is 10.8 Å². The first-order valence-electron chi connectivity index (χ1n) is 11.4. The minimum atomic E-state index is -3.81. The predicted octanol–water partition coefficient (Wildman–Crippen LogP) is 3.04. The summed E-state index contributed by atoms with van der Waals surface area (Å²) in [5, 5.41) is 3.01. The normalized spacial score (nSPS) is 20.7. The van der Waals surface area contributed by atoms with Crippen LogP contribution < -0.4 is 15.4 Å². The van der Waals surface area contributed by atoms with Crippen molar-refractivity contribution in [2.24, 2.45) is 5.92 Å². The maximum absolute atomic E-state index is 13.3. The lowest BCUT2D eigenvalue weighted by molar-refractivity contribution is -0.122. The van der Waals surface area contributed by atoms with E-state index in [2.05, 4.69) is 12.2 Å². The molecule has 1 amide bonds. The first-order chi connectivity index (χ1) is 15.8. The highest BCUT2D eigenvalue weighted by atomic mass is 32.2. The fourth-order valence-electron chi connectivity index (χ4n) is 4.86. The number of carbonyl (C=O) groups excluding carboxylic acids is 1. The first kappa shape index (κ1) is 21.8. The molecule has 5 rings (SSSR count). The molecule has 1 saturated carbocycles.